The Morgan fingerprint density at radius 3 is 2.60 bits per heavy atom. The zero-order chi connectivity index (χ0) is 15.3. The minimum absolute atomic E-state index is 0.121. The molecule has 1 rings (SSSR count). The van der Waals surface area contributed by atoms with E-state index in [2.05, 4.69) is 0 Å². The van der Waals surface area contributed by atoms with E-state index >= 15 is 0 Å². The van der Waals surface area contributed by atoms with Crippen LogP contribution in [0.1, 0.15) is 31.1 Å². The van der Waals surface area contributed by atoms with Crippen molar-refractivity contribution in [2.24, 2.45) is 11.1 Å². The fourth-order valence-electron chi connectivity index (χ4n) is 1.94. The van der Waals surface area contributed by atoms with E-state index in [-0.39, 0.29) is 22.6 Å². The molecule has 1 amide bonds. The number of para-hydroxylation sites is 1. The van der Waals surface area contributed by atoms with Crippen LogP contribution in [0.15, 0.2) is 18.2 Å². The van der Waals surface area contributed by atoms with Crippen molar-refractivity contribution < 1.29 is 14.6 Å². The molecule has 112 valence electrons. The van der Waals surface area contributed by atoms with E-state index in [1.807, 2.05) is 20.8 Å². The molecule has 0 radical (unpaired) electrons. The number of carbonyl (C=O) groups excluding carboxylic acids is 1. The smallest absolute Gasteiger partial charge is 0.257 e. The third-order valence-electron chi connectivity index (χ3n) is 3.29. The van der Waals surface area contributed by atoms with Gasteiger partial charge in [-0.25, -0.2) is 0 Å². The highest BCUT2D eigenvalue weighted by Crippen LogP contribution is 2.30. The van der Waals surface area contributed by atoms with Crippen molar-refractivity contribution in [1.29, 1.82) is 0 Å². The number of phenolic OH excluding ortho intramolecular Hbond substituents is 1. The van der Waals surface area contributed by atoms with Crippen molar-refractivity contribution in [3.8, 4) is 11.5 Å². The fraction of sp³-hybridized carbons (Fsp3) is 0.533. The van der Waals surface area contributed by atoms with Gasteiger partial charge < -0.3 is 20.5 Å². The van der Waals surface area contributed by atoms with Gasteiger partial charge in [-0.1, -0.05) is 19.9 Å². The molecule has 0 aromatic heterocycles. The molecule has 1 aromatic carbocycles. The summed E-state index contributed by atoms with van der Waals surface area (Å²) < 4.78 is 5.03. The zero-order valence-electron chi connectivity index (χ0n) is 12.6. The highest BCUT2D eigenvalue weighted by Gasteiger charge is 2.25. The van der Waals surface area contributed by atoms with E-state index in [1.54, 1.807) is 23.1 Å². The Kier molecular flexibility index (Phi) is 5.39. The number of methoxy groups -OCH3 is 1. The SMILES string of the molecule is CCN(CC(C)(C)CN)C(=O)c1cccc(OC)c1O. The third kappa shape index (κ3) is 3.63. The van der Waals surface area contributed by atoms with Gasteiger partial charge in [-0.15, -0.1) is 0 Å². The van der Waals surface area contributed by atoms with E-state index in [0.717, 1.165) is 0 Å². The molecule has 0 aliphatic carbocycles. The molecule has 5 nitrogen and oxygen atoms in total. The second kappa shape index (κ2) is 6.61. The molecule has 0 aliphatic heterocycles. The van der Waals surface area contributed by atoms with Crippen molar-refractivity contribution >= 4 is 5.91 Å². The molecule has 0 saturated carbocycles. The first-order valence-corrected chi connectivity index (χ1v) is 6.71. The standard InChI is InChI=1S/C15H24N2O3/c1-5-17(10-15(2,3)9-16)14(19)11-7-6-8-12(20-4)13(11)18/h6-8,18H,5,9-10,16H2,1-4H3. The number of aromatic hydroxyl groups is 1. The highest BCUT2D eigenvalue weighted by atomic mass is 16.5. The number of nitrogens with two attached hydrogens (primary N) is 1. The lowest BCUT2D eigenvalue weighted by atomic mass is 9.93. The predicted octanol–water partition coefficient (Wildman–Crippen LogP) is 1.85. The maximum atomic E-state index is 12.5. The molecule has 0 bridgehead atoms. The number of rotatable bonds is 6. The molecule has 0 atom stereocenters. The number of benzene rings is 1. The van der Waals surface area contributed by atoms with Gasteiger partial charge in [0, 0.05) is 13.1 Å². The van der Waals surface area contributed by atoms with Crippen LogP contribution in [-0.2, 0) is 0 Å². The van der Waals surface area contributed by atoms with Gasteiger partial charge in [0.15, 0.2) is 11.5 Å². The van der Waals surface area contributed by atoms with Crippen LogP contribution < -0.4 is 10.5 Å². The van der Waals surface area contributed by atoms with Crippen LogP contribution in [0, 0.1) is 5.41 Å². The van der Waals surface area contributed by atoms with Gasteiger partial charge in [-0.3, -0.25) is 4.79 Å². The Hall–Kier alpha value is -1.75. The highest BCUT2D eigenvalue weighted by molar-refractivity contribution is 5.97. The third-order valence-corrected chi connectivity index (χ3v) is 3.29. The van der Waals surface area contributed by atoms with Gasteiger partial charge in [0.1, 0.15) is 0 Å². The van der Waals surface area contributed by atoms with Crippen molar-refractivity contribution in [2.75, 3.05) is 26.7 Å². The van der Waals surface area contributed by atoms with Gasteiger partial charge in [0.05, 0.1) is 12.7 Å². The summed E-state index contributed by atoms with van der Waals surface area (Å²) in [7, 11) is 1.46. The maximum Gasteiger partial charge on any atom is 0.257 e. The first-order valence-electron chi connectivity index (χ1n) is 6.71. The Balaban J connectivity index is 3.03. The lowest BCUT2D eigenvalue weighted by Gasteiger charge is -2.31. The predicted molar refractivity (Wildman–Crippen MR) is 79.1 cm³/mol. The van der Waals surface area contributed by atoms with Gasteiger partial charge in [-0.05, 0) is 31.0 Å². The molecular formula is C15H24N2O3. The summed E-state index contributed by atoms with van der Waals surface area (Å²) in [6.45, 7) is 7.50. The van der Waals surface area contributed by atoms with Crippen LogP contribution in [-0.4, -0.2) is 42.7 Å². The van der Waals surface area contributed by atoms with Crippen LogP contribution in [0.4, 0.5) is 0 Å². The van der Waals surface area contributed by atoms with E-state index < -0.39 is 0 Å². The molecule has 0 unspecified atom stereocenters. The summed E-state index contributed by atoms with van der Waals surface area (Å²) in [6, 6.07) is 4.90. The summed E-state index contributed by atoms with van der Waals surface area (Å²) in [5, 5.41) is 10.1. The summed E-state index contributed by atoms with van der Waals surface area (Å²) in [5.74, 6) is -0.0422. The lowest BCUT2D eigenvalue weighted by Crippen LogP contribution is -2.42. The van der Waals surface area contributed by atoms with E-state index in [4.69, 9.17) is 10.5 Å². The maximum absolute atomic E-state index is 12.5. The lowest BCUT2D eigenvalue weighted by molar-refractivity contribution is 0.0697. The largest absolute Gasteiger partial charge is 0.504 e. The minimum atomic E-state index is -0.217. The fourth-order valence-corrected chi connectivity index (χ4v) is 1.94. The minimum Gasteiger partial charge on any atom is -0.504 e. The Morgan fingerprint density at radius 2 is 2.10 bits per heavy atom. The molecule has 1 aromatic rings. The van der Waals surface area contributed by atoms with Crippen LogP contribution in [0.2, 0.25) is 0 Å². The second-order valence-electron chi connectivity index (χ2n) is 5.54. The number of nitrogens with zero attached hydrogens (tertiary/aromatic N) is 1. The molecule has 0 aliphatic rings. The monoisotopic (exact) mass is 280 g/mol. The Morgan fingerprint density at radius 1 is 1.45 bits per heavy atom. The van der Waals surface area contributed by atoms with Crippen molar-refractivity contribution in [1.82, 2.24) is 4.90 Å². The average Bonchev–Trinajstić information content (AvgIpc) is 2.44. The van der Waals surface area contributed by atoms with Crippen LogP contribution >= 0.6 is 0 Å². The summed E-state index contributed by atoms with van der Waals surface area (Å²) >= 11 is 0. The first-order chi connectivity index (χ1) is 9.36. The van der Waals surface area contributed by atoms with Gasteiger partial charge in [-0.2, -0.15) is 0 Å². The molecule has 5 heteroatoms. The second-order valence-corrected chi connectivity index (χ2v) is 5.54. The Labute approximate surface area is 120 Å². The number of amides is 1. The van der Waals surface area contributed by atoms with Gasteiger partial charge >= 0.3 is 0 Å². The van der Waals surface area contributed by atoms with Crippen molar-refractivity contribution in [3.63, 3.8) is 0 Å². The topological polar surface area (TPSA) is 75.8 Å². The first kappa shape index (κ1) is 16.3. The van der Waals surface area contributed by atoms with Crippen molar-refractivity contribution in [3.05, 3.63) is 23.8 Å². The van der Waals surface area contributed by atoms with Crippen LogP contribution in [0.5, 0.6) is 11.5 Å². The van der Waals surface area contributed by atoms with Crippen LogP contribution in [0.3, 0.4) is 0 Å². The van der Waals surface area contributed by atoms with E-state index in [0.29, 0.717) is 25.4 Å². The number of ether oxygens (including phenoxy) is 1. The zero-order valence-corrected chi connectivity index (χ0v) is 12.6. The van der Waals surface area contributed by atoms with Crippen molar-refractivity contribution in [2.45, 2.75) is 20.8 Å². The molecule has 0 fully saturated rings. The molecule has 3 N–H and O–H groups in total. The number of hydrogen-bond acceptors (Lipinski definition) is 4. The summed E-state index contributed by atoms with van der Waals surface area (Å²) in [6.07, 6.45) is 0. The van der Waals surface area contributed by atoms with Crippen LogP contribution in [0.25, 0.3) is 0 Å². The van der Waals surface area contributed by atoms with Gasteiger partial charge in [0.25, 0.3) is 5.91 Å². The normalized spacial score (nSPS) is 11.2. The number of carbonyl (C=O) groups is 1. The average molecular weight is 280 g/mol. The molecule has 20 heavy (non-hydrogen) atoms. The van der Waals surface area contributed by atoms with Gasteiger partial charge in [0.2, 0.25) is 0 Å². The molecular weight excluding hydrogens is 256 g/mol. The number of hydrogen-bond donors (Lipinski definition) is 2. The molecule has 0 saturated heterocycles. The Bertz CT molecular complexity index is 472. The molecule has 0 heterocycles. The number of phenols is 1. The summed E-state index contributed by atoms with van der Waals surface area (Å²) in [5.41, 5.74) is 5.80. The van der Waals surface area contributed by atoms with E-state index in [9.17, 15) is 9.90 Å². The molecule has 0 spiro atoms. The summed E-state index contributed by atoms with van der Waals surface area (Å²) in [4.78, 5) is 14.2. The van der Waals surface area contributed by atoms with E-state index in [1.165, 1.54) is 7.11 Å². The quantitative estimate of drug-likeness (QED) is 0.834.